The lowest BCUT2D eigenvalue weighted by Gasteiger charge is -2.13. The van der Waals surface area contributed by atoms with Crippen LogP contribution >= 0.6 is 0 Å². The summed E-state index contributed by atoms with van der Waals surface area (Å²) in [6.07, 6.45) is 1.51. The van der Waals surface area contributed by atoms with E-state index >= 15 is 0 Å². The summed E-state index contributed by atoms with van der Waals surface area (Å²) < 4.78 is 4.70. The van der Waals surface area contributed by atoms with Crippen LogP contribution in [0.15, 0.2) is 0 Å². The van der Waals surface area contributed by atoms with Gasteiger partial charge < -0.3 is 15.2 Å². The van der Waals surface area contributed by atoms with Crippen molar-refractivity contribution in [3.8, 4) is 0 Å². The predicted molar refractivity (Wildman–Crippen MR) is 60.1 cm³/mol. The molecule has 0 aromatic carbocycles. The molecule has 0 saturated heterocycles. The quantitative estimate of drug-likeness (QED) is 0.654. The van der Waals surface area contributed by atoms with Crippen LogP contribution in [0.25, 0.3) is 0 Å². The lowest BCUT2D eigenvalue weighted by Crippen LogP contribution is -2.38. The molecule has 0 aromatic rings. The number of hydrogen-bond acceptors (Lipinski definition) is 3. The molecule has 2 N–H and O–H groups in total. The van der Waals surface area contributed by atoms with Crippen molar-refractivity contribution in [3.05, 3.63) is 0 Å². The third-order valence-corrected chi connectivity index (χ3v) is 2.36. The highest BCUT2D eigenvalue weighted by atomic mass is 16.5. The molecule has 0 aliphatic rings. The van der Waals surface area contributed by atoms with Gasteiger partial charge >= 0.3 is 5.97 Å². The summed E-state index contributed by atoms with van der Waals surface area (Å²) in [5, 5.41) is 11.2. The second-order valence-corrected chi connectivity index (χ2v) is 3.96. The molecule has 0 fully saturated rings. The molecule has 0 radical (unpaired) electrons. The van der Waals surface area contributed by atoms with Crippen LogP contribution in [0.2, 0.25) is 0 Å². The number of rotatable bonds is 8. The zero-order valence-electron chi connectivity index (χ0n) is 10.2. The number of nitrogens with one attached hydrogen (secondary N) is 1. The molecule has 5 heteroatoms. The van der Waals surface area contributed by atoms with Crippen LogP contribution in [0.4, 0.5) is 0 Å². The van der Waals surface area contributed by atoms with Crippen molar-refractivity contribution in [2.45, 2.75) is 39.2 Å². The highest BCUT2D eigenvalue weighted by Gasteiger charge is 2.17. The molecule has 0 aliphatic carbocycles. The van der Waals surface area contributed by atoms with Gasteiger partial charge in [-0.05, 0) is 5.92 Å². The van der Waals surface area contributed by atoms with Crippen LogP contribution in [0.3, 0.4) is 0 Å². The summed E-state index contributed by atoms with van der Waals surface area (Å²) in [6, 6.07) is 0. The first-order valence-electron chi connectivity index (χ1n) is 5.53. The second kappa shape index (κ2) is 8.10. The zero-order chi connectivity index (χ0) is 12.6. The van der Waals surface area contributed by atoms with Gasteiger partial charge in [0.2, 0.25) is 5.91 Å². The fourth-order valence-corrected chi connectivity index (χ4v) is 1.46. The third-order valence-electron chi connectivity index (χ3n) is 2.36. The molecule has 16 heavy (non-hydrogen) atoms. The molecule has 0 saturated carbocycles. The summed E-state index contributed by atoms with van der Waals surface area (Å²) in [5.74, 6) is -0.857. The molecular weight excluding hydrogens is 210 g/mol. The van der Waals surface area contributed by atoms with E-state index in [4.69, 9.17) is 9.84 Å². The fourth-order valence-electron chi connectivity index (χ4n) is 1.46. The molecular formula is C11H21NO4. The lowest BCUT2D eigenvalue weighted by molar-refractivity contribution is -0.148. The van der Waals surface area contributed by atoms with Crippen molar-refractivity contribution < 1.29 is 19.4 Å². The molecule has 0 aliphatic heterocycles. The average molecular weight is 231 g/mol. The fraction of sp³-hybridized carbons (Fsp3) is 0.818. The largest absolute Gasteiger partial charge is 0.479 e. The van der Waals surface area contributed by atoms with E-state index in [1.54, 1.807) is 0 Å². The summed E-state index contributed by atoms with van der Waals surface area (Å²) in [5.41, 5.74) is 0. The highest BCUT2D eigenvalue weighted by molar-refractivity contribution is 5.78. The maximum absolute atomic E-state index is 11.4. The van der Waals surface area contributed by atoms with Gasteiger partial charge in [-0.25, -0.2) is 4.79 Å². The Labute approximate surface area is 96.2 Å². The van der Waals surface area contributed by atoms with Crippen LogP contribution in [-0.2, 0) is 14.3 Å². The first-order valence-corrected chi connectivity index (χ1v) is 5.53. The van der Waals surface area contributed by atoms with Gasteiger partial charge in [-0.15, -0.1) is 0 Å². The Morgan fingerprint density at radius 2 is 2.06 bits per heavy atom. The van der Waals surface area contributed by atoms with E-state index in [1.807, 2.05) is 6.92 Å². The standard InChI is InChI=1S/C11H21NO4/c1-4-5-8(2)6-10(13)12-7-9(16-3)11(14)15/h8-9H,4-7H2,1-3H3,(H,12,13)(H,14,15). The Balaban J connectivity index is 3.83. The van der Waals surface area contributed by atoms with Crippen LogP contribution in [0.5, 0.6) is 0 Å². The predicted octanol–water partition coefficient (Wildman–Crippen LogP) is 1.03. The van der Waals surface area contributed by atoms with Gasteiger partial charge in [0.1, 0.15) is 0 Å². The Hall–Kier alpha value is -1.10. The van der Waals surface area contributed by atoms with E-state index < -0.39 is 12.1 Å². The number of methoxy groups -OCH3 is 1. The van der Waals surface area contributed by atoms with Gasteiger partial charge in [0.15, 0.2) is 6.10 Å². The van der Waals surface area contributed by atoms with Gasteiger partial charge in [0.05, 0.1) is 6.54 Å². The smallest absolute Gasteiger partial charge is 0.334 e. The van der Waals surface area contributed by atoms with Gasteiger partial charge in [0.25, 0.3) is 0 Å². The molecule has 0 aromatic heterocycles. The SMILES string of the molecule is CCCC(C)CC(=O)NCC(OC)C(=O)O. The van der Waals surface area contributed by atoms with Crippen molar-refractivity contribution in [3.63, 3.8) is 0 Å². The Morgan fingerprint density at radius 1 is 1.44 bits per heavy atom. The van der Waals surface area contributed by atoms with Gasteiger partial charge in [-0.3, -0.25) is 4.79 Å². The third kappa shape index (κ3) is 6.40. The zero-order valence-corrected chi connectivity index (χ0v) is 10.2. The maximum atomic E-state index is 11.4. The minimum Gasteiger partial charge on any atom is -0.479 e. The Morgan fingerprint density at radius 3 is 2.50 bits per heavy atom. The van der Waals surface area contributed by atoms with Crippen molar-refractivity contribution >= 4 is 11.9 Å². The topological polar surface area (TPSA) is 75.6 Å². The molecule has 5 nitrogen and oxygen atoms in total. The Bertz CT molecular complexity index is 230. The molecule has 2 unspecified atom stereocenters. The van der Waals surface area contributed by atoms with Gasteiger partial charge in [0, 0.05) is 13.5 Å². The van der Waals surface area contributed by atoms with Crippen LogP contribution in [0.1, 0.15) is 33.1 Å². The monoisotopic (exact) mass is 231 g/mol. The van der Waals surface area contributed by atoms with Crippen molar-refractivity contribution in [1.82, 2.24) is 5.32 Å². The Kier molecular flexibility index (Phi) is 7.54. The number of carboxylic acids is 1. The van der Waals surface area contributed by atoms with E-state index in [9.17, 15) is 9.59 Å². The molecule has 0 spiro atoms. The molecule has 0 heterocycles. The number of carboxylic acid groups (broad SMARTS) is 1. The van der Waals surface area contributed by atoms with Crippen LogP contribution in [0, 0.1) is 5.92 Å². The highest BCUT2D eigenvalue weighted by Crippen LogP contribution is 2.09. The number of ether oxygens (including phenoxy) is 1. The van der Waals surface area contributed by atoms with E-state index in [0.717, 1.165) is 12.8 Å². The number of hydrogen-bond donors (Lipinski definition) is 2. The number of amides is 1. The summed E-state index contributed by atoms with van der Waals surface area (Å²) >= 11 is 0. The van der Waals surface area contributed by atoms with E-state index in [-0.39, 0.29) is 12.5 Å². The maximum Gasteiger partial charge on any atom is 0.334 e. The number of carbonyl (C=O) groups excluding carboxylic acids is 1. The van der Waals surface area contributed by atoms with Crippen molar-refractivity contribution in [2.75, 3.05) is 13.7 Å². The normalized spacial score (nSPS) is 14.2. The van der Waals surface area contributed by atoms with E-state index in [2.05, 4.69) is 12.2 Å². The molecule has 0 bridgehead atoms. The second-order valence-electron chi connectivity index (χ2n) is 3.96. The van der Waals surface area contributed by atoms with Crippen LogP contribution < -0.4 is 5.32 Å². The minimum absolute atomic E-state index is 0.0174. The van der Waals surface area contributed by atoms with Crippen molar-refractivity contribution in [2.24, 2.45) is 5.92 Å². The molecule has 0 rings (SSSR count). The van der Waals surface area contributed by atoms with E-state index in [1.165, 1.54) is 7.11 Å². The van der Waals surface area contributed by atoms with Crippen LogP contribution in [-0.4, -0.2) is 36.7 Å². The first kappa shape index (κ1) is 14.9. The van der Waals surface area contributed by atoms with Gasteiger partial charge in [-0.1, -0.05) is 26.7 Å². The molecule has 2 atom stereocenters. The van der Waals surface area contributed by atoms with Crippen molar-refractivity contribution in [1.29, 1.82) is 0 Å². The first-order chi connectivity index (χ1) is 7.51. The molecule has 1 amide bonds. The summed E-state index contributed by atoms with van der Waals surface area (Å²) in [4.78, 5) is 22.0. The summed E-state index contributed by atoms with van der Waals surface area (Å²) in [6.45, 7) is 4.09. The number of aliphatic carboxylic acids is 1. The number of carbonyl (C=O) groups is 2. The summed E-state index contributed by atoms with van der Waals surface area (Å²) in [7, 11) is 1.31. The minimum atomic E-state index is -1.07. The average Bonchev–Trinajstić information content (AvgIpc) is 2.18. The molecule has 94 valence electrons. The van der Waals surface area contributed by atoms with Gasteiger partial charge in [-0.2, -0.15) is 0 Å². The lowest BCUT2D eigenvalue weighted by atomic mass is 10.0. The van der Waals surface area contributed by atoms with E-state index in [0.29, 0.717) is 12.3 Å².